The number of nitrogen functional groups attached to an aromatic ring is 1. The Balaban J connectivity index is 1.52. The number of hydrogen-bond donors (Lipinski definition) is 2. The van der Waals surface area contributed by atoms with Crippen LogP contribution in [0.1, 0.15) is 17.7 Å². The van der Waals surface area contributed by atoms with Gasteiger partial charge in [-0.25, -0.2) is 15.0 Å². The number of nitrogens with two attached hydrogens (primary N) is 1. The van der Waals surface area contributed by atoms with Gasteiger partial charge in [0, 0.05) is 37.7 Å². The summed E-state index contributed by atoms with van der Waals surface area (Å²) >= 11 is 0. The Morgan fingerprint density at radius 3 is 2.71 bits per heavy atom. The molecule has 176 valence electrons. The van der Waals surface area contributed by atoms with Gasteiger partial charge in [-0.3, -0.25) is 14.3 Å². The van der Waals surface area contributed by atoms with Crippen molar-refractivity contribution in [3.63, 3.8) is 0 Å². The highest BCUT2D eigenvalue weighted by molar-refractivity contribution is 5.83. The van der Waals surface area contributed by atoms with E-state index in [1.165, 1.54) is 0 Å². The Morgan fingerprint density at radius 1 is 1.06 bits per heavy atom. The van der Waals surface area contributed by atoms with Gasteiger partial charge in [-0.05, 0) is 56.6 Å². The fourth-order valence-corrected chi connectivity index (χ4v) is 4.37. The molecule has 0 spiro atoms. The molecule has 0 aliphatic carbocycles. The molecule has 34 heavy (non-hydrogen) atoms. The molecule has 4 aromatic rings. The lowest BCUT2D eigenvalue weighted by Crippen LogP contribution is -2.37. The van der Waals surface area contributed by atoms with Crippen molar-refractivity contribution >= 4 is 17.3 Å². The van der Waals surface area contributed by atoms with Crippen LogP contribution >= 0.6 is 0 Å². The average molecular weight is 459 g/mol. The number of aromatic nitrogens is 5. The second-order valence-electron chi connectivity index (χ2n) is 8.63. The summed E-state index contributed by atoms with van der Waals surface area (Å²) in [5.74, 6) is 0.227. The maximum Gasteiger partial charge on any atom is 0.220 e. The molecule has 0 bridgehead atoms. The van der Waals surface area contributed by atoms with Crippen LogP contribution in [0, 0.1) is 13.8 Å². The van der Waals surface area contributed by atoms with Crippen molar-refractivity contribution < 1.29 is 4.74 Å². The van der Waals surface area contributed by atoms with Gasteiger partial charge in [0.15, 0.2) is 5.65 Å². The number of hydrogen-bond acceptors (Lipinski definition) is 8. The van der Waals surface area contributed by atoms with E-state index in [1.807, 2.05) is 31.2 Å². The SMILES string of the molecule is Cc1cc(NCCCN2CCOCC2)c2nc(-c3cccc(C)n3)c(-c3ccnc(N)n3)n2c1. The summed E-state index contributed by atoms with van der Waals surface area (Å²) < 4.78 is 7.53. The predicted octanol–water partition coefficient (Wildman–Crippen LogP) is 3.19. The normalized spacial score (nSPS) is 14.5. The van der Waals surface area contributed by atoms with Gasteiger partial charge in [-0.15, -0.1) is 0 Å². The van der Waals surface area contributed by atoms with Gasteiger partial charge in [0.25, 0.3) is 0 Å². The van der Waals surface area contributed by atoms with Crippen LogP contribution in [0.15, 0.2) is 42.7 Å². The summed E-state index contributed by atoms with van der Waals surface area (Å²) in [4.78, 5) is 20.8. The molecule has 0 aromatic carbocycles. The topological polar surface area (TPSA) is 106 Å². The first kappa shape index (κ1) is 22.2. The first-order chi connectivity index (χ1) is 16.6. The fraction of sp³-hybridized carbons (Fsp3) is 0.360. The summed E-state index contributed by atoms with van der Waals surface area (Å²) in [6, 6.07) is 9.95. The summed E-state index contributed by atoms with van der Waals surface area (Å²) in [6.07, 6.45) is 4.79. The van der Waals surface area contributed by atoms with Crippen molar-refractivity contribution in [1.29, 1.82) is 0 Å². The van der Waals surface area contributed by atoms with Crippen LogP contribution in [-0.2, 0) is 4.74 Å². The van der Waals surface area contributed by atoms with Crippen molar-refractivity contribution in [1.82, 2.24) is 29.2 Å². The van der Waals surface area contributed by atoms with E-state index in [0.29, 0.717) is 5.69 Å². The molecule has 5 heterocycles. The molecule has 0 amide bonds. The second-order valence-corrected chi connectivity index (χ2v) is 8.63. The number of anilines is 2. The standard InChI is InChI=1S/C25H30N8O/c1-17-15-21(27-8-4-10-32-11-13-34-14-12-32)24-31-22(19-6-3-5-18(2)29-19)23(33(24)16-17)20-7-9-28-25(26)30-20/h3,5-7,9,15-16,27H,4,8,10-14H2,1-2H3,(H2,26,28,30). The number of nitrogens with zero attached hydrogens (tertiary/aromatic N) is 6. The number of ether oxygens (including phenoxy) is 1. The van der Waals surface area contributed by atoms with Gasteiger partial charge in [-0.1, -0.05) is 6.07 Å². The van der Waals surface area contributed by atoms with Crippen LogP contribution in [0.4, 0.5) is 11.6 Å². The van der Waals surface area contributed by atoms with Gasteiger partial charge in [0.05, 0.1) is 30.3 Å². The molecule has 9 heteroatoms. The van der Waals surface area contributed by atoms with Crippen LogP contribution in [0.3, 0.4) is 0 Å². The van der Waals surface area contributed by atoms with Crippen molar-refractivity contribution in [2.45, 2.75) is 20.3 Å². The molecule has 1 aliphatic rings. The number of rotatable bonds is 7. The number of pyridine rings is 2. The molecule has 9 nitrogen and oxygen atoms in total. The summed E-state index contributed by atoms with van der Waals surface area (Å²) in [6.45, 7) is 9.64. The van der Waals surface area contributed by atoms with E-state index in [9.17, 15) is 0 Å². The predicted molar refractivity (Wildman–Crippen MR) is 134 cm³/mol. The zero-order chi connectivity index (χ0) is 23.5. The van der Waals surface area contributed by atoms with Gasteiger partial charge < -0.3 is 15.8 Å². The lowest BCUT2D eigenvalue weighted by molar-refractivity contribution is 0.0378. The minimum Gasteiger partial charge on any atom is -0.382 e. The van der Waals surface area contributed by atoms with Gasteiger partial charge >= 0.3 is 0 Å². The lowest BCUT2D eigenvalue weighted by Gasteiger charge is -2.26. The fourth-order valence-electron chi connectivity index (χ4n) is 4.37. The van der Waals surface area contributed by atoms with E-state index < -0.39 is 0 Å². The molecule has 3 N–H and O–H groups in total. The van der Waals surface area contributed by atoms with E-state index in [0.717, 1.165) is 85.5 Å². The van der Waals surface area contributed by atoms with E-state index in [1.54, 1.807) is 6.20 Å². The van der Waals surface area contributed by atoms with Gasteiger partial charge in [0.1, 0.15) is 11.4 Å². The molecule has 0 unspecified atom stereocenters. The van der Waals surface area contributed by atoms with Crippen molar-refractivity contribution in [2.24, 2.45) is 0 Å². The Morgan fingerprint density at radius 2 is 1.91 bits per heavy atom. The largest absolute Gasteiger partial charge is 0.382 e. The van der Waals surface area contributed by atoms with Crippen LogP contribution in [-0.4, -0.2) is 68.6 Å². The van der Waals surface area contributed by atoms with Crippen LogP contribution in [0.25, 0.3) is 28.4 Å². The average Bonchev–Trinajstić information content (AvgIpc) is 3.22. The summed E-state index contributed by atoms with van der Waals surface area (Å²) in [5.41, 5.74) is 12.9. The maximum absolute atomic E-state index is 5.93. The van der Waals surface area contributed by atoms with Crippen molar-refractivity contribution in [3.05, 3.63) is 54.0 Å². The van der Waals surface area contributed by atoms with E-state index in [4.69, 9.17) is 20.4 Å². The molecule has 0 radical (unpaired) electrons. The number of morpholine rings is 1. The Kier molecular flexibility index (Phi) is 6.37. The van der Waals surface area contributed by atoms with E-state index in [2.05, 4.69) is 43.8 Å². The lowest BCUT2D eigenvalue weighted by atomic mass is 10.1. The molecule has 5 rings (SSSR count). The molecule has 4 aromatic heterocycles. The quantitative estimate of drug-likeness (QED) is 0.407. The highest BCUT2D eigenvalue weighted by Gasteiger charge is 2.21. The minimum absolute atomic E-state index is 0.227. The summed E-state index contributed by atoms with van der Waals surface area (Å²) in [5, 5.41) is 3.62. The highest BCUT2D eigenvalue weighted by Crippen LogP contribution is 2.34. The zero-order valence-corrected chi connectivity index (χ0v) is 19.7. The molecule has 1 aliphatic heterocycles. The number of imidazole rings is 1. The third-order valence-corrected chi connectivity index (χ3v) is 5.97. The summed E-state index contributed by atoms with van der Waals surface area (Å²) in [7, 11) is 0. The second kappa shape index (κ2) is 9.74. The molecular formula is C25H30N8O. The highest BCUT2D eigenvalue weighted by atomic mass is 16.5. The van der Waals surface area contributed by atoms with Gasteiger partial charge in [0.2, 0.25) is 5.95 Å². The molecular weight excluding hydrogens is 428 g/mol. The van der Waals surface area contributed by atoms with E-state index in [-0.39, 0.29) is 5.95 Å². The number of aryl methyl sites for hydroxylation is 2. The Bertz CT molecular complexity index is 1300. The Hall–Kier alpha value is -3.56. The number of nitrogens with one attached hydrogen (secondary N) is 1. The Labute approximate surface area is 199 Å². The van der Waals surface area contributed by atoms with Crippen molar-refractivity contribution in [2.75, 3.05) is 50.4 Å². The molecule has 1 saturated heterocycles. The van der Waals surface area contributed by atoms with Gasteiger partial charge in [-0.2, -0.15) is 0 Å². The molecule has 0 saturated carbocycles. The maximum atomic E-state index is 5.93. The first-order valence-electron chi connectivity index (χ1n) is 11.7. The van der Waals surface area contributed by atoms with Crippen molar-refractivity contribution in [3.8, 4) is 22.8 Å². The van der Waals surface area contributed by atoms with Crippen LogP contribution in [0.5, 0.6) is 0 Å². The van der Waals surface area contributed by atoms with E-state index >= 15 is 0 Å². The first-order valence-corrected chi connectivity index (χ1v) is 11.7. The smallest absolute Gasteiger partial charge is 0.220 e. The third-order valence-electron chi connectivity index (χ3n) is 5.97. The zero-order valence-electron chi connectivity index (χ0n) is 19.7. The third kappa shape index (κ3) is 4.71. The molecule has 0 atom stereocenters. The monoisotopic (exact) mass is 458 g/mol. The van der Waals surface area contributed by atoms with Crippen LogP contribution in [0.2, 0.25) is 0 Å². The molecule has 1 fully saturated rings. The van der Waals surface area contributed by atoms with Crippen LogP contribution < -0.4 is 11.1 Å². The number of fused-ring (bicyclic) bond motifs is 1. The minimum atomic E-state index is 0.227.